The van der Waals surface area contributed by atoms with Gasteiger partial charge >= 0.3 is 6.03 Å². The Labute approximate surface area is 197 Å². The van der Waals surface area contributed by atoms with Crippen LogP contribution in [0.1, 0.15) is 5.01 Å². The number of anilines is 3. The van der Waals surface area contributed by atoms with Crippen LogP contribution in [0.2, 0.25) is 0 Å². The molecule has 0 aliphatic carbocycles. The summed E-state index contributed by atoms with van der Waals surface area (Å²) in [6.45, 7) is 4.22. The largest absolute Gasteiger partial charge is 0.389 e. The van der Waals surface area contributed by atoms with E-state index in [0.717, 1.165) is 35.6 Å². The number of rotatable bonds is 4. The number of benzene rings is 2. The third-order valence-electron chi connectivity index (χ3n) is 6.07. The molecule has 0 radical (unpaired) electrons. The van der Waals surface area contributed by atoms with Crippen LogP contribution in [0.15, 0.2) is 53.9 Å². The molecule has 168 valence electrons. The van der Waals surface area contributed by atoms with Gasteiger partial charge in [-0.3, -0.25) is 5.32 Å². The first-order valence-corrected chi connectivity index (χ1v) is 11.8. The summed E-state index contributed by atoms with van der Waals surface area (Å²) in [4.78, 5) is 23.0. The number of aromatic nitrogens is 1. The van der Waals surface area contributed by atoms with Crippen molar-refractivity contribution in [2.45, 2.75) is 6.10 Å². The molecule has 0 bridgehead atoms. The molecule has 2 aliphatic heterocycles. The van der Waals surface area contributed by atoms with Gasteiger partial charge in [-0.05, 0) is 41.3 Å². The molecule has 2 amide bonds. The smallest absolute Gasteiger partial charge is 0.323 e. The quantitative estimate of drug-likeness (QED) is 0.586. The van der Waals surface area contributed by atoms with Crippen LogP contribution in [0.3, 0.4) is 0 Å². The molecule has 2 aromatic carbocycles. The fourth-order valence-corrected chi connectivity index (χ4v) is 4.72. The van der Waals surface area contributed by atoms with Gasteiger partial charge in [0.05, 0.1) is 6.10 Å². The van der Waals surface area contributed by atoms with E-state index in [1.165, 1.54) is 11.3 Å². The zero-order valence-corrected chi connectivity index (χ0v) is 19.0. The lowest BCUT2D eigenvalue weighted by atomic mass is 10.0. The van der Waals surface area contributed by atoms with Crippen molar-refractivity contribution < 1.29 is 9.90 Å². The molecule has 0 unspecified atom stereocenters. The van der Waals surface area contributed by atoms with Gasteiger partial charge < -0.3 is 19.8 Å². The van der Waals surface area contributed by atoms with Crippen LogP contribution in [0.25, 0.3) is 11.1 Å². The average Bonchev–Trinajstić information content (AvgIpc) is 3.30. The minimum Gasteiger partial charge on any atom is -0.389 e. The maximum atomic E-state index is 12.5. The van der Waals surface area contributed by atoms with Crippen molar-refractivity contribution in [2.75, 3.05) is 54.4 Å². The number of aliphatic hydroxyl groups is 1. The second kappa shape index (κ2) is 9.14. The topological polar surface area (TPSA) is 71.9 Å². The summed E-state index contributed by atoms with van der Waals surface area (Å²) in [6.07, 6.45) is 5.13. The third kappa shape index (κ3) is 4.65. The minimum atomic E-state index is -0.215. The molecule has 1 aromatic heterocycles. The molecule has 3 heterocycles. The molecule has 5 rings (SSSR count). The lowest BCUT2D eigenvalue weighted by Gasteiger charge is -2.38. The second-order valence-electron chi connectivity index (χ2n) is 8.24. The van der Waals surface area contributed by atoms with E-state index in [0.29, 0.717) is 37.0 Å². The van der Waals surface area contributed by atoms with Gasteiger partial charge in [-0.1, -0.05) is 24.3 Å². The lowest BCUT2D eigenvalue weighted by Crippen LogP contribution is -2.50. The van der Waals surface area contributed by atoms with E-state index in [-0.39, 0.29) is 12.1 Å². The van der Waals surface area contributed by atoms with Gasteiger partial charge in [0, 0.05) is 56.0 Å². The van der Waals surface area contributed by atoms with Gasteiger partial charge in [-0.2, -0.15) is 0 Å². The molecule has 3 aromatic rings. The van der Waals surface area contributed by atoms with E-state index >= 15 is 0 Å². The van der Waals surface area contributed by atoms with Gasteiger partial charge in [0.25, 0.3) is 0 Å². The van der Waals surface area contributed by atoms with E-state index < -0.39 is 0 Å². The highest BCUT2D eigenvalue weighted by molar-refractivity contribution is 7.10. The Balaban J connectivity index is 1.17. The van der Waals surface area contributed by atoms with Crippen LogP contribution in [-0.2, 0) is 0 Å². The Bertz CT molecular complexity index is 1170. The summed E-state index contributed by atoms with van der Waals surface area (Å²) in [5.41, 5.74) is 4.62. The number of carbonyl (C=O) groups is 1. The molecular weight excluding hydrogens is 434 g/mol. The summed E-state index contributed by atoms with van der Waals surface area (Å²) in [5, 5.41) is 14.7. The van der Waals surface area contributed by atoms with Crippen LogP contribution in [0.5, 0.6) is 0 Å². The maximum Gasteiger partial charge on any atom is 0.323 e. The standard InChI is InChI=1S/C25H25N5O2S/c1-2-24-26-23(17-33-24)27-25(32)29-12-10-28(11-13-29)20-8-6-18(7-9-20)19-4-3-5-21(14-19)30-15-22(31)16-30/h1,3-9,14,17,22,31H,10-13,15-16H2,(H,27,32). The molecule has 8 heteroatoms. The van der Waals surface area contributed by atoms with Crippen LogP contribution in [0, 0.1) is 12.3 Å². The number of thiazole rings is 1. The van der Waals surface area contributed by atoms with E-state index in [2.05, 4.69) is 74.6 Å². The normalized spacial score (nSPS) is 16.3. The molecule has 2 aliphatic rings. The zero-order chi connectivity index (χ0) is 22.8. The number of piperazine rings is 1. The number of nitrogens with one attached hydrogen (secondary N) is 1. The molecule has 2 saturated heterocycles. The Kier molecular flexibility index (Phi) is 5.90. The van der Waals surface area contributed by atoms with Crippen molar-refractivity contribution in [3.8, 4) is 23.5 Å². The molecule has 0 spiro atoms. The first-order valence-electron chi connectivity index (χ1n) is 11.0. The number of urea groups is 1. The first-order chi connectivity index (χ1) is 16.1. The predicted molar refractivity (Wildman–Crippen MR) is 133 cm³/mol. The van der Waals surface area contributed by atoms with Crippen molar-refractivity contribution in [3.63, 3.8) is 0 Å². The summed E-state index contributed by atoms with van der Waals surface area (Å²) in [6, 6.07) is 16.9. The summed E-state index contributed by atoms with van der Waals surface area (Å²) in [5.74, 6) is 2.98. The monoisotopic (exact) mass is 459 g/mol. The fourth-order valence-electron chi connectivity index (χ4n) is 4.17. The van der Waals surface area contributed by atoms with Crippen LogP contribution < -0.4 is 15.1 Å². The minimum absolute atomic E-state index is 0.145. The molecule has 0 atom stereocenters. The summed E-state index contributed by atoms with van der Waals surface area (Å²) in [7, 11) is 0. The van der Waals surface area contributed by atoms with Crippen molar-refractivity contribution in [1.29, 1.82) is 0 Å². The van der Waals surface area contributed by atoms with Crippen molar-refractivity contribution in [3.05, 3.63) is 58.9 Å². The summed E-state index contributed by atoms with van der Waals surface area (Å²) >= 11 is 1.34. The zero-order valence-electron chi connectivity index (χ0n) is 18.1. The third-order valence-corrected chi connectivity index (χ3v) is 6.84. The SMILES string of the molecule is C#Cc1nc(NC(=O)N2CCN(c3ccc(-c4cccc(N5CC(O)C5)c4)cc3)CC2)cs1. The summed E-state index contributed by atoms with van der Waals surface area (Å²) < 4.78 is 0. The van der Waals surface area contributed by atoms with Crippen molar-refractivity contribution in [2.24, 2.45) is 0 Å². The number of hydrogen-bond donors (Lipinski definition) is 2. The molecule has 0 saturated carbocycles. The number of terminal acetylenes is 1. The molecule has 2 N–H and O–H groups in total. The Hall–Kier alpha value is -3.54. The second-order valence-corrected chi connectivity index (χ2v) is 9.10. The number of hydrogen-bond acceptors (Lipinski definition) is 6. The first kappa shape index (κ1) is 21.3. The van der Waals surface area contributed by atoms with Crippen molar-refractivity contribution in [1.82, 2.24) is 9.88 Å². The Morgan fingerprint density at radius 3 is 2.45 bits per heavy atom. The molecule has 7 nitrogen and oxygen atoms in total. The molecule has 2 fully saturated rings. The highest BCUT2D eigenvalue weighted by Crippen LogP contribution is 2.29. The van der Waals surface area contributed by atoms with Crippen LogP contribution >= 0.6 is 11.3 Å². The van der Waals surface area contributed by atoms with Gasteiger partial charge in [-0.15, -0.1) is 17.8 Å². The average molecular weight is 460 g/mol. The number of aliphatic hydroxyl groups excluding tert-OH is 1. The van der Waals surface area contributed by atoms with Gasteiger partial charge in [0.15, 0.2) is 5.01 Å². The van der Waals surface area contributed by atoms with Crippen molar-refractivity contribution >= 4 is 34.6 Å². The number of β-amino-alcohol motifs (C(OH)–C–C–N with tert-alkyl or cyclic N) is 1. The number of carbonyl (C=O) groups excluding carboxylic acids is 1. The van der Waals surface area contributed by atoms with Crippen LogP contribution in [0.4, 0.5) is 22.0 Å². The highest BCUT2D eigenvalue weighted by atomic mass is 32.1. The van der Waals surface area contributed by atoms with E-state index in [4.69, 9.17) is 6.42 Å². The van der Waals surface area contributed by atoms with Gasteiger partial charge in [0.2, 0.25) is 0 Å². The van der Waals surface area contributed by atoms with E-state index in [1.54, 1.807) is 10.3 Å². The van der Waals surface area contributed by atoms with Gasteiger partial charge in [-0.25, -0.2) is 9.78 Å². The Morgan fingerprint density at radius 1 is 1.03 bits per heavy atom. The van der Waals surface area contributed by atoms with Crippen LogP contribution in [-0.4, -0.2) is 66.4 Å². The predicted octanol–water partition coefficient (Wildman–Crippen LogP) is 3.33. The fraction of sp³-hybridized carbons (Fsp3) is 0.280. The molecular formula is C25H25N5O2S. The Morgan fingerprint density at radius 2 is 1.79 bits per heavy atom. The number of nitrogens with zero attached hydrogens (tertiary/aromatic N) is 4. The highest BCUT2D eigenvalue weighted by Gasteiger charge is 2.25. The van der Waals surface area contributed by atoms with Gasteiger partial charge in [0.1, 0.15) is 5.82 Å². The maximum absolute atomic E-state index is 12.5. The lowest BCUT2D eigenvalue weighted by molar-refractivity contribution is 0.142. The van der Waals surface area contributed by atoms with E-state index in [9.17, 15) is 9.90 Å². The molecule has 33 heavy (non-hydrogen) atoms. The number of amides is 2. The van der Waals surface area contributed by atoms with E-state index in [1.807, 2.05) is 0 Å².